The van der Waals surface area contributed by atoms with Gasteiger partial charge in [0.25, 0.3) is 0 Å². The lowest BCUT2D eigenvalue weighted by atomic mass is 10.0. The van der Waals surface area contributed by atoms with E-state index >= 15 is 0 Å². The Morgan fingerprint density at radius 3 is 2.19 bits per heavy atom. The molecule has 0 radical (unpaired) electrons. The molecule has 3 aromatic rings. The molecular formula is C26H28FN3O2. The molecule has 1 aliphatic heterocycles. The molecule has 1 aliphatic rings. The zero-order valence-electron chi connectivity index (χ0n) is 18.0. The maximum atomic E-state index is 13.1. The number of hydrogen-bond acceptors (Lipinski definition) is 4. The summed E-state index contributed by atoms with van der Waals surface area (Å²) in [6.07, 6.45) is 0.482. The maximum absolute atomic E-state index is 13.1. The summed E-state index contributed by atoms with van der Waals surface area (Å²) >= 11 is 0. The molecule has 1 saturated heterocycles. The molecule has 0 aromatic heterocycles. The molecule has 1 unspecified atom stereocenters. The molecule has 5 nitrogen and oxygen atoms in total. The number of hydrogen-bond donors (Lipinski definition) is 1. The van der Waals surface area contributed by atoms with Crippen LogP contribution in [-0.4, -0.2) is 43.0 Å². The topological polar surface area (TPSA) is 58.8 Å². The molecule has 0 bridgehead atoms. The lowest BCUT2D eigenvalue weighted by Gasteiger charge is -2.37. The van der Waals surface area contributed by atoms with Gasteiger partial charge in [0.2, 0.25) is 5.91 Å². The zero-order chi connectivity index (χ0) is 22.3. The molecule has 166 valence electrons. The maximum Gasteiger partial charge on any atom is 0.239 e. The fourth-order valence-corrected chi connectivity index (χ4v) is 3.88. The molecule has 1 heterocycles. The summed E-state index contributed by atoms with van der Waals surface area (Å²) in [5, 5.41) is 0. The summed E-state index contributed by atoms with van der Waals surface area (Å²) < 4.78 is 18.9. The number of nitrogens with zero attached hydrogens (tertiary/aromatic N) is 2. The largest absolute Gasteiger partial charge is 0.489 e. The van der Waals surface area contributed by atoms with E-state index in [9.17, 15) is 9.18 Å². The first-order valence-corrected chi connectivity index (χ1v) is 10.9. The van der Waals surface area contributed by atoms with Crippen LogP contribution in [0.2, 0.25) is 0 Å². The predicted molar refractivity (Wildman–Crippen MR) is 124 cm³/mol. The Labute approximate surface area is 188 Å². The molecule has 3 aromatic carbocycles. The van der Waals surface area contributed by atoms with Gasteiger partial charge in [-0.3, -0.25) is 4.79 Å². The van der Waals surface area contributed by atoms with Crippen LogP contribution in [-0.2, 0) is 17.8 Å². The smallest absolute Gasteiger partial charge is 0.239 e. The summed E-state index contributed by atoms with van der Waals surface area (Å²) in [6, 6.07) is 23.6. The Kier molecular flexibility index (Phi) is 7.02. The quantitative estimate of drug-likeness (QED) is 0.618. The van der Waals surface area contributed by atoms with Crippen LogP contribution >= 0.6 is 0 Å². The van der Waals surface area contributed by atoms with Crippen LogP contribution in [0.3, 0.4) is 0 Å². The fourth-order valence-electron chi connectivity index (χ4n) is 3.88. The van der Waals surface area contributed by atoms with Crippen molar-refractivity contribution in [2.75, 3.05) is 31.1 Å². The number of amides is 1. The van der Waals surface area contributed by atoms with Gasteiger partial charge in [-0.05, 0) is 53.9 Å². The van der Waals surface area contributed by atoms with Gasteiger partial charge in [-0.2, -0.15) is 0 Å². The van der Waals surface area contributed by atoms with Gasteiger partial charge in [0.1, 0.15) is 18.2 Å². The number of piperazine rings is 1. The SMILES string of the molecule is NC(Cc1ccc(OCc2ccccc2)cc1)C(=O)N1CCN(c2ccc(F)cc2)CC1. The van der Waals surface area contributed by atoms with Crippen LogP contribution in [0.5, 0.6) is 5.75 Å². The van der Waals surface area contributed by atoms with Gasteiger partial charge >= 0.3 is 0 Å². The van der Waals surface area contributed by atoms with Gasteiger partial charge < -0.3 is 20.3 Å². The minimum Gasteiger partial charge on any atom is -0.489 e. The van der Waals surface area contributed by atoms with E-state index in [1.165, 1.54) is 12.1 Å². The molecule has 0 spiro atoms. The van der Waals surface area contributed by atoms with Crippen molar-refractivity contribution in [1.29, 1.82) is 0 Å². The molecule has 1 atom stereocenters. The highest BCUT2D eigenvalue weighted by Crippen LogP contribution is 2.18. The van der Waals surface area contributed by atoms with Crippen molar-refractivity contribution in [2.24, 2.45) is 5.73 Å². The average Bonchev–Trinajstić information content (AvgIpc) is 2.84. The number of ether oxygens (including phenoxy) is 1. The third-order valence-corrected chi connectivity index (χ3v) is 5.73. The van der Waals surface area contributed by atoms with Gasteiger partial charge in [-0.15, -0.1) is 0 Å². The number of halogens is 1. The summed E-state index contributed by atoms with van der Waals surface area (Å²) in [7, 11) is 0. The fraction of sp³-hybridized carbons (Fsp3) is 0.269. The second kappa shape index (κ2) is 10.3. The molecule has 1 amide bonds. The summed E-state index contributed by atoms with van der Waals surface area (Å²) in [5.74, 6) is 0.506. The van der Waals surface area contributed by atoms with Crippen molar-refractivity contribution in [3.05, 3.63) is 95.8 Å². The Morgan fingerprint density at radius 1 is 0.875 bits per heavy atom. The van der Waals surface area contributed by atoms with Crippen LogP contribution in [0.1, 0.15) is 11.1 Å². The van der Waals surface area contributed by atoms with Crippen molar-refractivity contribution in [2.45, 2.75) is 19.1 Å². The third kappa shape index (κ3) is 5.65. The van der Waals surface area contributed by atoms with Crippen molar-refractivity contribution >= 4 is 11.6 Å². The van der Waals surface area contributed by atoms with Crippen molar-refractivity contribution in [1.82, 2.24) is 4.90 Å². The van der Waals surface area contributed by atoms with Crippen LogP contribution in [0.25, 0.3) is 0 Å². The van der Waals surface area contributed by atoms with Crippen molar-refractivity contribution in [3.63, 3.8) is 0 Å². The summed E-state index contributed by atoms with van der Waals surface area (Å²) in [4.78, 5) is 16.8. The van der Waals surface area contributed by atoms with Crippen LogP contribution in [0, 0.1) is 5.82 Å². The first kappa shape index (κ1) is 21.8. The highest BCUT2D eigenvalue weighted by Gasteiger charge is 2.25. The molecular weight excluding hydrogens is 405 g/mol. The Morgan fingerprint density at radius 2 is 1.53 bits per heavy atom. The van der Waals surface area contributed by atoms with E-state index in [1.807, 2.05) is 59.5 Å². The van der Waals surface area contributed by atoms with E-state index in [-0.39, 0.29) is 11.7 Å². The van der Waals surface area contributed by atoms with E-state index < -0.39 is 6.04 Å². The number of benzene rings is 3. The molecule has 6 heteroatoms. The van der Waals surface area contributed by atoms with E-state index in [0.717, 1.165) is 22.6 Å². The van der Waals surface area contributed by atoms with Gasteiger partial charge in [-0.25, -0.2) is 4.39 Å². The average molecular weight is 434 g/mol. The molecule has 0 saturated carbocycles. The lowest BCUT2D eigenvalue weighted by Crippen LogP contribution is -2.53. The number of anilines is 1. The lowest BCUT2D eigenvalue weighted by molar-refractivity contribution is -0.132. The summed E-state index contributed by atoms with van der Waals surface area (Å²) in [6.45, 7) is 3.14. The third-order valence-electron chi connectivity index (χ3n) is 5.73. The Balaban J connectivity index is 1.25. The number of carbonyl (C=O) groups excluding carboxylic acids is 1. The molecule has 0 aliphatic carbocycles. The molecule has 32 heavy (non-hydrogen) atoms. The number of carbonyl (C=O) groups is 1. The predicted octanol–water partition coefficient (Wildman–Crippen LogP) is 3.62. The number of nitrogens with two attached hydrogens (primary N) is 1. The van der Waals surface area contributed by atoms with Gasteiger partial charge in [0, 0.05) is 31.9 Å². The summed E-state index contributed by atoms with van der Waals surface area (Å²) in [5.41, 5.74) is 9.32. The highest BCUT2D eigenvalue weighted by molar-refractivity contribution is 5.82. The van der Waals surface area contributed by atoms with Gasteiger partial charge in [0.05, 0.1) is 6.04 Å². The van der Waals surface area contributed by atoms with Crippen LogP contribution in [0.4, 0.5) is 10.1 Å². The molecule has 4 rings (SSSR count). The Hall–Kier alpha value is -3.38. The highest BCUT2D eigenvalue weighted by atomic mass is 19.1. The monoisotopic (exact) mass is 433 g/mol. The van der Waals surface area contributed by atoms with Gasteiger partial charge in [0.15, 0.2) is 0 Å². The van der Waals surface area contributed by atoms with E-state index in [1.54, 1.807) is 12.1 Å². The van der Waals surface area contributed by atoms with Crippen molar-refractivity contribution < 1.29 is 13.9 Å². The first-order valence-electron chi connectivity index (χ1n) is 10.9. The minimum atomic E-state index is -0.580. The van der Waals surface area contributed by atoms with Crippen LogP contribution < -0.4 is 15.4 Å². The zero-order valence-corrected chi connectivity index (χ0v) is 18.0. The van der Waals surface area contributed by atoms with E-state index in [0.29, 0.717) is 39.2 Å². The number of rotatable bonds is 7. The first-order chi connectivity index (χ1) is 15.6. The normalized spacial score (nSPS) is 14.8. The second-order valence-corrected chi connectivity index (χ2v) is 8.02. The second-order valence-electron chi connectivity index (χ2n) is 8.02. The standard InChI is InChI=1S/C26H28FN3O2/c27-22-8-10-23(11-9-22)29-14-16-30(17-15-29)26(31)25(28)18-20-6-12-24(13-7-20)32-19-21-4-2-1-3-5-21/h1-13,25H,14-19,28H2. The molecule has 2 N–H and O–H groups in total. The van der Waals surface area contributed by atoms with Crippen molar-refractivity contribution in [3.8, 4) is 5.75 Å². The minimum absolute atomic E-state index is 0.0341. The molecule has 1 fully saturated rings. The van der Waals surface area contributed by atoms with E-state index in [2.05, 4.69) is 4.90 Å². The van der Waals surface area contributed by atoms with Crippen LogP contribution in [0.15, 0.2) is 78.9 Å². The van der Waals surface area contributed by atoms with Gasteiger partial charge in [-0.1, -0.05) is 42.5 Å². The van der Waals surface area contributed by atoms with E-state index in [4.69, 9.17) is 10.5 Å². The Bertz CT molecular complexity index is 1000.